The summed E-state index contributed by atoms with van der Waals surface area (Å²) in [6, 6.07) is 8.31. The van der Waals surface area contributed by atoms with Crippen LogP contribution in [0.25, 0.3) is 38.4 Å². The highest BCUT2D eigenvalue weighted by Crippen LogP contribution is 2.30. The maximum Gasteiger partial charge on any atom is 0.284 e. The Kier molecular flexibility index (Phi) is 2.99. The number of nitrogens with zero attached hydrogens (tertiary/aromatic N) is 4. The molecular formula is C18H11ClFN5O. The summed E-state index contributed by atoms with van der Waals surface area (Å²) >= 11 is 6.02. The third kappa shape index (κ3) is 1.94. The Bertz CT molecular complexity index is 1400. The Morgan fingerprint density at radius 1 is 1.19 bits per heavy atom. The zero-order valence-electron chi connectivity index (χ0n) is 13.5. The van der Waals surface area contributed by atoms with E-state index in [0.29, 0.717) is 22.0 Å². The molecule has 3 aromatic heterocycles. The van der Waals surface area contributed by atoms with E-state index in [1.54, 1.807) is 24.1 Å². The lowest BCUT2D eigenvalue weighted by Crippen LogP contribution is -2.19. The Labute approximate surface area is 150 Å². The van der Waals surface area contributed by atoms with E-state index in [1.165, 1.54) is 16.7 Å². The van der Waals surface area contributed by atoms with E-state index in [9.17, 15) is 9.18 Å². The molecule has 3 heterocycles. The average molecular weight is 368 g/mol. The highest BCUT2D eigenvalue weighted by atomic mass is 35.5. The minimum Gasteiger partial charge on any atom is -0.278 e. The van der Waals surface area contributed by atoms with Crippen LogP contribution in [0.3, 0.4) is 0 Å². The molecule has 1 N–H and O–H groups in total. The topological polar surface area (TPSA) is 68.5 Å². The van der Waals surface area contributed by atoms with E-state index < -0.39 is 5.82 Å². The lowest BCUT2D eigenvalue weighted by molar-refractivity contribution is 0.630. The van der Waals surface area contributed by atoms with Crippen LogP contribution in [0.1, 0.15) is 0 Å². The largest absolute Gasteiger partial charge is 0.284 e. The van der Waals surface area contributed by atoms with Crippen molar-refractivity contribution in [2.75, 3.05) is 0 Å². The van der Waals surface area contributed by atoms with Crippen LogP contribution in [-0.4, -0.2) is 24.5 Å². The zero-order valence-corrected chi connectivity index (χ0v) is 14.3. The minimum absolute atomic E-state index is 0.0479. The highest BCUT2D eigenvalue weighted by Gasteiger charge is 2.18. The van der Waals surface area contributed by atoms with Crippen molar-refractivity contribution in [1.82, 2.24) is 24.5 Å². The Morgan fingerprint density at radius 2 is 2.04 bits per heavy atom. The molecule has 0 bridgehead atoms. The van der Waals surface area contributed by atoms with Crippen LogP contribution in [0.2, 0.25) is 5.02 Å². The molecule has 128 valence electrons. The number of nitrogens with one attached hydrogen (secondary N) is 1. The lowest BCUT2D eigenvalue weighted by atomic mass is 10.1. The second-order valence-electron chi connectivity index (χ2n) is 6.10. The van der Waals surface area contributed by atoms with Crippen LogP contribution in [-0.2, 0) is 7.05 Å². The van der Waals surface area contributed by atoms with E-state index in [1.807, 2.05) is 18.2 Å². The smallest absolute Gasteiger partial charge is 0.278 e. The molecule has 0 unspecified atom stereocenters. The molecule has 6 nitrogen and oxygen atoms in total. The lowest BCUT2D eigenvalue weighted by Gasteiger charge is -2.12. The number of pyridine rings is 1. The molecule has 0 aliphatic carbocycles. The first-order valence-electron chi connectivity index (χ1n) is 7.84. The molecule has 0 fully saturated rings. The summed E-state index contributed by atoms with van der Waals surface area (Å²) in [7, 11) is 1.72. The van der Waals surface area contributed by atoms with Crippen molar-refractivity contribution in [3.63, 3.8) is 0 Å². The van der Waals surface area contributed by atoms with Gasteiger partial charge < -0.3 is 0 Å². The summed E-state index contributed by atoms with van der Waals surface area (Å²) in [6.45, 7) is 0. The van der Waals surface area contributed by atoms with Gasteiger partial charge in [0.25, 0.3) is 5.56 Å². The van der Waals surface area contributed by atoms with Gasteiger partial charge in [-0.3, -0.25) is 19.1 Å². The third-order valence-corrected chi connectivity index (χ3v) is 4.80. The van der Waals surface area contributed by atoms with Crippen molar-refractivity contribution < 1.29 is 4.39 Å². The molecular weight excluding hydrogens is 357 g/mol. The number of hydrogen-bond donors (Lipinski definition) is 1. The first-order chi connectivity index (χ1) is 12.5. The fourth-order valence-corrected chi connectivity index (χ4v) is 3.54. The first-order valence-corrected chi connectivity index (χ1v) is 8.22. The molecule has 0 aliphatic rings. The molecule has 26 heavy (non-hydrogen) atoms. The quantitative estimate of drug-likeness (QED) is 0.492. The molecule has 5 aromatic rings. The molecule has 5 rings (SSSR count). The van der Waals surface area contributed by atoms with Crippen molar-refractivity contribution in [2.24, 2.45) is 7.05 Å². The van der Waals surface area contributed by atoms with Gasteiger partial charge in [-0.15, -0.1) is 0 Å². The van der Waals surface area contributed by atoms with Crippen LogP contribution < -0.4 is 5.56 Å². The fraction of sp³-hybridized carbons (Fsp3) is 0.0556. The van der Waals surface area contributed by atoms with E-state index in [-0.39, 0.29) is 16.1 Å². The maximum absolute atomic E-state index is 14.2. The molecule has 0 spiro atoms. The van der Waals surface area contributed by atoms with Crippen LogP contribution in [0.4, 0.5) is 4.39 Å². The second kappa shape index (κ2) is 5.15. The molecule has 8 heteroatoms. The number of aryl methyl sites for hydroxylation is 1. The van der Waals surface area contributed by atoms with Crippen LogP contribution in [0.15, 0.2) is 47.5 Å². The number of benzene rings is 2. The van der Waals surface area contributed by atoms with Crippen molar-refractivity contribution in [2.45, 2.75) is 0 Å². The van der Waals surface area contributed by atoms with Crippen molar-refractivity contribution in [3.05, 3.63) is 63.9 Å². The zero-order chi connectivity index (χ0) is 18.0. The summed E-state index contributed by atoms with van der Waals surface area (Å²) in [4.78, 5) is 13.2. The number of hydrogen-bond acceptors (Lipinski definition) is 3. The van der Waals surface area contributed by atoms with Gasteiger partial charge in [-0.25, -0.2) is 4.39 Å². The summed E-state index contributed by atoms with van der Waals surface area (Å²) in [5, 5.41) is 13.1. The van der Waals surface area contributed by atoms with E-state index >= 15 is 0 Å². The van der Waals surface area contributed by atoms with Gasteiger partial charge in [0, 0.05) is 29.4 Å². The third-order valence-electron chi connectivity index (χ3n) is 4.51. The van der Waals surface area contributed by atoms with Gasteiger partial charge in [0.05, 0.1) is 27.9 Å². The van der Waals surface area contributed by atoms with Crippen LogP contribution >= 0.6 is 11.6 Å². The first kappa shape index (κ1) is 15.1. The summed E-state index contributed by atoms with van der Waals surface area (Å²) in [5.74, 6) is -0.545. The molecule has 2 aromatic carbocycles. The normalized spacial score (nSPS) is 11.8. The number of halogens is 2. The number of H-pyrrole nitrogens is 1. The Hall–Kier alpha value is -3.19. The van der Waals surface area contributed by atoms with Gasteiger partial charge in [-0.05, 0) is 24.3 Å². The van der Waals surface area contributed by atoms with Gasteiger partial charge >= 0.3 is 0 Å². The molecule has 0 amide bonds. The maximum atomic E-state index is 14.2. The monoisotopic (exact) mass is 367 g/mol. The molecule has 0 atom stereocenters. The van der Waals surface area contributed by atoms with Crippen molar-refractivity contribution >= 4 is 44.3 Å². The predicted molar refractivity (Wildman–Crippen MR) is 98.4 cm³/mol. The Balaban J connectivity index is 2.07. The highest BCUT2D eigenvalue weighted by molar-refractivity contribution is 6.31. The fourth-order valence-electron chi connectivity index (χ4n) is 3.38. The van der Waals surface area contributed by atoms with Gasteiger partial charge in [0.15, 0.2) is 5.52 Å². The van der Waals surface area contributed by atoms with E-state index in [0.717, 1.165) is 10.9 Å². The second-order valence-corrected chi connectivity index (χ2v) is 6.50. The number of fused-ring (bicyclic) bond motifs is 4. The summed E-state index contributed by atoms with van der Waals surface area (Å²) in [6.07, 6.45) is 3.35. The van der Waals surface area contributed by atoms with E-state index in [4.69, 9.17) is 11.6 Å². The number of aromatic nitrogens is 5. The summed E-state index contributed by atoms with van der Waals surface area (Å²) < 4.78 is 17.2. The van der Waals surface area contributed by atoms with Gasteiger partial charge in [0.2, 0.25) is 0 Å². The standard InChI is InChI=1S/C18H11ClFN5O/c1-24-8-11-9-5-13(20)12(19)6-16(9)25(18(26)17(11)23-24)15-4-2-3-14-10(15)7-21-22-14/h2-8H,1H3,(H,21,22). The van der Waals surface area contributed by atoms with Gasteiger partial charge in [-0.1, -0.05) is 17.7 Å². The molecule has 0 aliphatic heterocycles. The predicted octanol–water partition coefficient (Wildman–Crippen LogP) is 3.55. The van der Waals surface area contributed by atoms with Crippen molar-refractivity contribution in [1.29, 1.82) is 0 Å². The van der Waals surface area contributed by atoms with E-state index in [2.05, 4.69) is 15.3 Å². The average Bonchev–Trinajstić information content (AvgIpc) is 3.24. The molecule has 0 saturated heterocycles. The molecule has 0 radical (unpaired) electrons. The number of rotatable bonds is 1. The van der Waals surface area contributed by atoms with Crippen LogP contribution in [0, 0.1) is 5.82 Å². The molecule has 0 saturated carbocycles. The number of aromatic amines is 1. The Morgan fingerprint density at radius 3 is 2.88 bits per heavy atom. The summed E-state index contributed by atoms with van der Waals surface area (Å²) in [5.41, 5.74) is 1.89. The van der Waals surface area contributed by atoms with Gasteiger partial charge in [0.1, 0.15) is 5.82 Å². The van der Waals surface area contributed by atoms with Gasteiger partial charge in [-0.2, -0.15) is 10.2 Å². The minimum atomic E-state index is -0.545. The van der Waals surface area contributed by atoms with Crippen LogP contribution in [0.5, 0.6) is 0 Å². The van der Waals surface area contributed by atoms with Crippen molar-refractivity contribution in [3.8, 4) is 5.69 Å². The SMILES string of the molecule is Cn1cc2c(n1)c(=O)n(-c1cccc3[nH]ncc13)c1cc(Cl)c(F)cc21.